The van der Waals surface area contributed by atoms with Gasteiger partial charge in [-0.2, -0.15) is 5.10 Å². The Balaban J connectivity index is 1.82. The van der Waals surface area contributed by atoms with Crippen LogP contribution in [0.25, 0.3) is 0 Å². The van der Waals surface area contributed by atoms with E-state index in [1.807, 2.05) is 0 Å². The van der Waals surface area contributed by atoms with Crippen molar-refractivity contribution < 1.29 is 9.59 Å². The molecule has 1 aromatic heterocycles. The summed E-state index contributed by atoms with van der Waals surface area (Å²) >= 11 is 0. The minimum Gasteiger partial charge on any atom is -0.326 e. The van der Waals surface area contributed by atoms with Crippen molar-refractivity contribution >= 4 is 23.5 Å². The van der Waals surface area contributed by atoms with Crippen LogP contribution in [0.1, 0.15) is 15.9 Å². The molecule has 2 aromatic rings. The van der Waals surface area contributed by atoms with Gasteiger partial charge in [0.2, 0.25) is 11.9 Å². The lowest BCUT2D eigenvalue weighted by Gasteiger charge is -2.04. The summed E-state index contributed by atoms with van der Waals surface area (Å²) in [6.45, 7) is 0. The van der Waals surface area contributed by atoms with E-state index in [1.165, 1.54) is 12.4 Å². The van der Waals surface area contributed by atoms with Crippen molar-refractivity contribution in [1.82, 2.24) is 15.2 Å². The van der Waals surface area contributed by atoms with E-state index in [-0.39, 0.29) is 17.8 Å². The number of hydrogen-bond donors (Lipinski definition) is 2. The maximum absolute atomic E-state index is 12.0. The Labute approximate surface area is 108 Å². The first kappa shape index (κ1) is 11.3. The van der Waals surface area contributed by atoms with Crippen LogP contribution >= 0.6 is 0 Å². The smallest absolute Gasteiger partial charge is 0.258 e. The second-order valence-electron chi connectivity index (χ2n) is 4.02. The van der Waals surface area contributed by atoms with Gasteiger partial charge in [-0.3, -0.25) is 14.9 Å². The van der Waals surface area contributed by atoms with Crippen LogP contribution in [0, 0.1) is 0 Å². The van der Waals surface area contributed by atoms with Gasteiger partial charge in [0.15, 0.2) is 0 Å². The number of carbonyl (C=O) groups excluding carboxylic acids is 2. The second-order valence-corrected chi connectivity index (χ2v) is 4.02. The zero-order chi connectivity index (χ0) is 13.2. The SMILES string of the molecule is O=C1Cc2ccc(C(=O)Nc3nccnn3)cc2N1. The van der Waals surface area contributed by atoms with E-state index >= 15 is 0 Å². The van der Waals surface area contributed by atoms with Crippen LogP contribution < -0.4 is 10.6 Å². The number of aromatic nitrogens is 3. The molecule has 0 radical (unpaired) electrons. The Morgan fingerprint density at radius 2 is 2.21 bits per heavy atom. The molecule has 0 aliphatic carbocycles. The van der Waals surface area contributed by atoms with Crippen molar-refractivity contribution in [2.45, 2.75) is 6.42 Å². The van der Waals surface area contributed by atoms with Crippen LogP contribution in [0.2, 0.25) is 0 Å². The molecule has 2 amide bonds. The van der Waals surface area contributed by atoms with Crippen LogP contribution in [0.15, 0.2) is 30.6 Å². The Morgan fingerprint density at radius 3 is 3.00 bits per heavy atom. The third-order valence-corrected chi connectivity index (χ3v) is 2.71. The van der Waals surface area contributed by atoms with Crippen molar-refractivity contribution in [3.63, 3.8) is 0 Å². The predicted octanol–water partition coefficient (Wildman–Crippen LogP) is 0.618. The minimum absolute atomic E-state index is 0.0665. The molecule has 0 atom stereocenters. The number of carbonyl (C=O) groups is 2. The molecule has 1 aliphatic rings. The van der Waals surface area contributed by atoms with Gasteiger partial charge in [-0.1, -0.05) is 6.07 Å². The average molecular weight is 255 g/mol. The summed E-state index contributed by atoms with van der Waals surface area (Å²) in [5.41, 5.74) is 1.98. The summed E-state index contributed by atoms with van der Waals surface area (Å²) in [4.78, 5) is 27.0. The molecule has 0 saturated carbocycles. The van der Waals surface area contributed by atoms with Crippen molar-refractivity contribution in [3.05, 3.63) is 41.7 Å². The lowest BCUT2D eigenvalue weighted by atomic mass is 10.1. The number of fused-ring (bicyclic) bond motifs is 1. The fraction of sp³-hybridized carbons (Fsp3) is 0.0833. The number of amides is 2. The topological polar surface area (TPSA) is 96.9 Å². The summed E-state index contributed by atoms with van der Waals surface area (Å²) < 4.78 is 0. The zero-order valence-electron chi connectivity index (χ0n) is 9.75. The molecule has 0 fully saturated rings. The molecule has 3 rings (SSSR count). The molecule has 1 aromatic carbocycles. The molecule has 94 valence electrons. The van der Waals surface area contributed by atoms with E-state index in [9.17, 15) is 9.59 Å². The number of hydrogen-bond acceptors (Lipinski definition) is 5. The van der Waals surface area contributed by atoms with Gasteiger partial charge in [0, 0.05) is 11.3 Å². The highest BCUT2D eigenvalue weighted by Gasteiger charge is 2.19. The fourth-order valence-electron chi connectivity index (χ4n) is 1.83. The van der Waals surface area contributed by atoms with E-state index in [1.54, 1.807) is 18.2 Å². The molecular formula is C12H9N5O2. The normalized spacial score (nSPS) is 12.7. The van der Waals surface area contributed by atoms with Gasteiger partial charge in [-0.25, -0.2) is 4.98 Å². The fourth-order valence-corrected chi connectivity index (χ4v) is 1.83. The predicted molar refractivity (Wildman–Crippen MR) is 66.6 cm³/mol. The van der Waals surface area contributed by atoms with E-state index < -0.39 is 0 Å². The standard InChI is InChI=1S/C12H9N5O2/c18-10-6-7-1-2-8(5-9(7)15-10)11(19)16-12-13-3-4-14-17-12/h1-5H,6H2,(H,15,18)(H,13,16,17,19). The molecule has 0 spiro atoms. The molecule has 0 unspecified atom stereocenters. The van der Waals surface area contributed by atoms with Gasteiger partial charge in [0.1, 0.15) is 0 Å². The van der Waals surface area contributed by atoms with Gasteiger partial charge in [-0.05, 0) is 17.7 Å². The Kier molecular flexibility index (Phi) is 2.64. The molecule has 19 heavy (non-hydrogen) atoms. The molecule has 7 heteroatoms. The highest BCUT2D eigenvalue weighted by atomic mass is 16.2. The minimum atomic E-state index is -0.350. The number of nitrogens with one attached hydrogen (secondary N) is 2. The zero-order valence-corrected chi connectivity index (χ0v) is 9.75. The Bertz CT molecular complexity index is 656. The van der Waals surface area contributed by atoms with Crippen LogP contribution in [0.3, 0.4) is 0 Å². The molecule has 0 saturated heterocycles. The maximum atomic E-state index is 12.0. The highest BCUT2D eigenvalue weighted by Crippen LogP contribution is 2.24. The Hall–Kier alpha value is -2.83. The van der Waals surface area contributed by atoms with Crippen molar-refractivity contribution in [1.29, 1.82) is 0 Å². The first-order chi connectivity index (χ1) is 9.22. The lowest BCUT2D eigenvalue weighted by Crippen LogP contribution is -2.14. The summed E-state index contributed by atoms with van der Waals surface area (Å²) in [6.07, 6.45) is 3.20. The van der Waals surface area contributed by atoms with E-state index in [2.05, 4.69) is 25.8 Å². The monoisotopic (exact) mass is 255 g/mol. The first-order valence-electron chi connectivity index (χ1n) is 5.60. The van der Waals surface area contributed by atoms with Crippen LogP contribution in [-0.4, -0.2) is 27.0 Å². The molecular weight excluding hydrogens is 246 g/mol. The number of nitrogens with zero attached hydrogens (tertiary/aromatic N) is 3. The van der Waals surface area contributed by atoms with E-state index in [0.717, 1.165) is 5.56 Å². The van der Waals surface area contributed by atoms with E-state index in [0.29, 0.717) is 17.7 Å². The van der Waals surface area contributed by atoms with Crippen molar-refractivity contribution in [2.75, 3.05) is 10.6 Å². The molecule has 2 heterocycles. The molecule has 2 N–H and O–H groups in total. The largest absolute Gasteiger partial charge is 0.326 e. The molecule has 0 bridgehead atoms. The third-order valence-electron chi connectivity index (χ3n) is 2.71. The van der Waals surface area contributed by atoms with Crippen LogP contribution in [0.5, 0.6) is 0 Å². The van der Waals surface area contributed by atoms with Gasteiger partial charge in [0.25, 0.3) is 5.91 Å². The third kappa shape index (κ3) is 2.25. The van der Waals surface area contributed by atoms with Crippen LogP contribution in [0.4, 0.5) is 11.6 Å². The number of benzene rings is 1. The van der Waals surface area contributed by atoms with Gasteiger partial charge >= 0.3 is 0 Å². The summed E-state index contributed by atoms with van der Waals surface area (Å²) in [5.74, 6) is -0.280. The number of anilines is 2. The van der Waals surface area contributed by atoms with Crippen molar-refractivity contribution in [2.24, 2.45) is 0 Å². The van der Waals surface area contributed by atoms with E-state index in [4.69, 9.17) is 0 Å². The lowest BCUT2D eigenvalue weighted by molar-refractivity contribution is -0.115. The average Bonchev–Trinajstić information content (AvgIpc) is 2.78. The number of rotatable bonds is 2. The highest BCUT2D eigenvalue weighted by molar-refractivity contribution is 6.06. The maximum Gasteiger partial charge on any atom is 0.258 e. The molecule has 1 aliphatic heterocycles. The van der Waals surface area contributed by atoms with Gasteiger partial charge in [-0.15, -0.1) is 5.10 Å². The van der Waals surface area contributed by atoms with Crippen LogP contribution in [-0.2, 0) is 11.2 Å². The van der Waals surface area contributed by atoms with Gasteiger partial charge < -0.3 is 5.32 Å². The first-order valence-corrected chi connectivity index (χ1v) is 5.60. The summed E-state index contributed by atoms with van der Waals surface area (Å²) in [7, 11) is 0. The Morgan fingerprint density at radius 1 is 1.32 bits per heavy atom. The van der Waals surface area contributed by atoms with Gasteiger partial charge in [0.05, 0.1) is 18.8 Å². The quantitative estimate of drug-likeness (QED) is 0.819. The summed E-state index contributed by atoms with van der Waals surface area (Å²) in [5, 5.41) is 12.5. The van der Waals surface area contributed by atoms with Crippen molar-refractivity contribution in [3.8, 4) is 0 Å². The summed E-state index contributed by atoms with van der Waals surface area (Å²) in [6, 6.07) is 5.04. The second kappa shape index (κ2) is 4.45. The molecule has 7 nitrogen and oxygen atoms in total.